The molecule has 2 fully saturated rings. The summed E-state index contributed by atoms with van der Waals surface area (Å²) in [6.07, 6.45) is 4.53. The number of amides is 1. The van der Waals surface area contributed by atoms with E-state index in [-0.39, 0.29) is 5.92 Å². The minimum absolute atomic E-state index is 0.247. The smallest absolute Gasteiger partial charge is 0.225 e. The molecule has 0 radical (unpaired) electrons. The van der Waals surface area contributed by atoms with Gasteiger partial charge in [0.1, 0.15) is 5.75 Å². The van der Waals surface area contributed by atoms with Gasteiger partial charge in [-0.2, -0.15) is 0 Å². The molecule has 1 heterocycles. The van der Waals surface area contributed by atoms with Gasteiger partial charge in [-0.3, -0.25) is 4.79 Å². The second-order valence-corrected chi connectivity index (χ2v) is 9.16. The van der Waals surface area contributed by atoms with Crippen molar-refractivity contribution >= 4 is 11.6 Å². The van der Waals surface area contributed by atoms with Crippen molar-refractivity contribution in [3.63, 3.8) is 0 Å². The zero-order chi connectivity index (χ0) is 19.4. The molecule has 27 heavy (non-hydrogen) atoms. The van der Waals surface area contributed by atoms with Crippen LogP contribution in [0.25, 0.3) is 0 Å². The van der Waals surface area contributed by atoms with Crippen molar-refractivity contribution in [3.8, 4) is 5.75 Å². The minimum atomic E-state index is 0.247. The number of piperazine rings is 1. The molecule has 1 aliphatic heterocycles. The lowest BCUT2D eigenvalue weighted by molar-refractivity contribution is -0.137. The van der Waals surface area contributed by atoms with Crippen LogP contribution < -0.4 is 9.64 Å². The largest absolute Gasteiger partial charge is 0.494 e. The molecule has 1 saturated carbocycles. The van der Waals surface area contributed by atoms with Gasteiger partial charge >= 0.3 is 0 Å². The molecule has 1 amide bonds. The van der Waals surface area contributed by atoms with Gasteiger partial charge in [-0.1, -0.05) is 26.8 Å². The highest BCUT2D eigenvalue weighted by atomic mass is 16.5. The Balaban J connectivity index is 1.50. The first-order valence-electron chi connectivity index (χ1n) is 10.6. The van der Waals surface area contributed by atoms with Crippen LogP contribution in [-0.4, -0.2) is 43.6 Å². The maximum Gasteiger partial charge on any atom is 0.225 e. The lowest BCUT2D eigenvalue weighted by Gasteiger charge is -2.40. The van der Waals surface area contributed by atoms with Gasteiger partial charge in [0.15, 0.2) is 0 Å². The lowest BCUT2D eigenvalue weighted by atomic mass is 9.69. The molecule has 0 unspecified atom stereocenters. The van der Waals surface area contributed by atoms with Crippen LogP contribution in [-0.2, 0) is 4.79 Å². The molecule has 0 N–H and O–H groups in total. The van der Waals surface area contributed by atoms with E-state index in [4.69, 9.17) is 4.74 Å². The van der Waals surface area contributed by atoms with Crippen LogP contribution in [0.4, 0.5) is 5.69 Å². The molecule has 0 spiro atoms. The lowest BCUT2D eigenvalue weighted by Crippen LogP contribution is -2.51. The average molecular weight is 373 g/mol. The monoisotopic (exact) mass is 372 g/mol. The summed E-state index contributed by atoms with van der Waals surface area (Å²) >= 11 is 0. The fourth-order valence-corrected chi connectivity index (χ4v) is 4.59. The maximum absolute atomic E-state index is 13.0. The number of hydrogen-bond acceptors (Lipinski definition) is 3. The first-order valence-corrected chi connectivity index (χ1v) is 10.6. The van der Waals surface area contributed by atoms with Crippen LogP contribution in [0.15, 0.2) is 24.3 Å². The number of carbonyl (C=O) groups excluding carboxylic acids is 1. The summed E-state index contributed by atoms with van der Waals surface area (Å²) in [6, 6.07) is 8.29. The molecule has 3 rings (SSSR count). The number of ether oxygens (including phenoxy) is 1. The summed E-state index contributed by atoms with van der Waals surface area (Å²) in [5, 5.41) is 0. The van der Waals surface area contributed by atoms with Crippen LogP contribution in [0.5, 0.6) is 5.75 Å². The Morgan fingerprint density at radius 3 is 2.33 bits per heavy atom. The molecule has 1 saturated heterocycles. The number of benzene rings is 1. The van der Waals surface area contributed by atoms with Gasteiger partial charge in [0.2, 0.25) is 5.91 Å². The van der Waals surface area contributed by atoms with E-state index in [0.717, 1.165) is 50.7 Å². The normalized spacial score (nSPS) is 24.0. The van der Waals surface area contributed by atoms with Crippen molar-refractivity contribution in [3.05, 3.63) is 24.3 Å². The van der Waals surface area contributed by atoms with E-state index in [1.54, 1.807) is 0 Å². The maximum atomic E-state index is 13.0. The SMILES string of the molecule is CCOc1cccc(N2CCN(C(=O)C3CCC(C(C)(C)C)CC3)CC2)c1. The molecule has 1 aromatic rings. The topological polar surface area (TPSA) is 32.8 Å². The van der Waals surface area contributed by atoms with E-state index in [1.165, 1.54) is 18.5 Å². The summed E-state index contributed by atoms with van der Waals surface area (Å²) in [7, 11) is 0. The summed E-state index contributed by atoms with van der Waals surface area (Å²) < 4.78 is 5.62. The average Bonchev–Trinajstić information content (AvgIpc) is 2.67. The Bertz CT molecular complexity index is 622. The van der Waals surface area contributed by atoms with Crippen LogP contribution in [0.3, 0.4) is 0 Å². The quantitative estimate of drug-likeness (QED) is 0.775. The van der Waals surface area contributed by atoms with Gasteiger partial charge in [0, 0.05) is 43.9 Å². The Morgan fingerprint density at radius 1 is 1.07 bits per heavy atom. The van der Waals surface area contributed by atoms with Crippen molar-refractivity contribution < 1.29 is 9.53 Å². The first-order chi connectivity index (χ1) is 12.9. The molecule has 0 atom stereocenters. The molecule has 1 aromatic carbocycles. The number of carbonyl (C=O) groups is 1. The van der Waals surface area contributed by atoms with Crippen molar-refractivity contribution in [1.82, 2.24) is 4.90 Å². The van der Waals surface area contributed by atoms with E-state index < -0.39 is 0 Å². The van der Waals surface area contributed by atoms with Crippen molar-refractivity contribution in [2.45, 2.75) is 53.4 Å². The molecule has 150 valence electrons. The third-order valence-corrected chi connectivity index (χ3v) is 6.39. The van der Waals surface area contributed by atoms with Crippen molar-refractivity contribution in [2.24, 2.45) is 17.3 Å². The van der Waals surface area contributed by atoms with E-state index in [1.807, 2.05) is 19.1 Å². The Hall–Kier alpha value is -1.71. The second kappa shape index (κ2) is 8.53. The Labute approximate surface area is 164 Å². The van der Waals surface area contributed by atoms with Crippen LogP contribution in [0.1, 0.15) is 53.4 Å². The number of nitrogens with zero attached hydrogens (tertiary/aromatic N) is 2. The molecular weight excluding hydrogens is 336 g/mol. The predicted octanol–water partition coefficient (Wildman–Crippen LogP) is 4.59. The highest BCUT2D eigenvalue weighted by molar-refractivity contribution is 5.79. The van der Waals surface area contributed by atoms with Gasteiger partial charge in [0.25, 0.3) is 0 Å². The third kappa shape index (κ3) is 4.97. The Morgan fingerprint density at radius 2 is 1.74 bits per heavy atom. The van der Waals surface area contributed by atoms with E-state index in [9.17, 15) is 4.79 Å². The number of hydrogen-bond donors (Lipinski definition) is 0. The molecule has 1 aliphatic carbocycles. The van der Waals surface area contributed by atoms with Crippen LogP contribution in [0.2, 0.25) is 0 Å². The van der Waals surface area contributed by atoms with Gasteiger partial charge in [-0.05, 0) is 56.1 Å². The van der Waals surface area contributed by atoms with Crippen molar-refractivity contribution in [2.75, 3.05) is 37.7 Å². The zero-order valence-corrected chi connectivity index (χ0v) is 17.5. The summed E-state index contributed by atoms with van der Waals surface area (Å²) in [6.45, 7) is 13.2. The summed E-state index contributed by atoms with van der Waals surface area (Å²) in [5.74, 6) is 2.32. The highest BCUT2D eigenvalue weighted by Gasteiger charge is 2.34. The number of anilines is 1. The van der Waals surface area contributed by atoms with Gasteiger partial charge in [-0.15, -0.1) is 0 Å². The second-order valence-electron chi connectivity index (χ2n) is 9.16. The summed E-state index contributed by atoms with van der Waals surface area (Å²) in [5.41, 5.74) is 1.56. The molecule has 4 heteroatoms. The van der Waals surface area contributed by atoms with E-state index in [0.29, 0.717) is 17.9 Å². The highest BCUT2D eigenvalue weighted by Crippen LogP contribution is 2.40. The third-order valence-electron chi connectivity index (χ3n) is 6.39. The predicted molar refractivity (Wildman–Crippen MR) is 111 cm³/mol. The van der Waals surface area contributed by atoms with E-state index in [2.05, 4.69) is 42.7 Å². The zero-order valence-electron chi connectivity index (χ0n) is 17.5. The van der Waals surface area contributed by atoms with Gasteiger partial charge in [0.05, 0.1) is 6.61 Å². The molecule has 0 bridgehead atoms. The van der Waals surface area contributed by atoms with Gasteiger partial charge in [-0.25, -0.2) is 0 Å². The molecule has 4 nitrogen and oxygen atoms in total. The molecule has 2 aliphatic rings. The van der Waals surface area contributed by atoms with Crippen LogP contribution >= 0.6 is 0 Å². The standard InChI is InChI=1S/C23H36N2O2/c1-5-27-21-8-6-7-20(17-21)24-13-15-25(16-14-24)22(26)18-9-11-19(12-10-18)23(2,3)4/h6-8,17-19H,5,9-16H2,1-4H3. The van der Waals surface area contributed by atoms with Crippen LogP contribution in [0, 0.1) is 17.3 Å². The van der Waals surface area contributed by atoms with E-state index >= 15 is 0 Å². The summed E-state index contributed by atoms with van der Waals surface area (Å²) in [4.78, 5) is 17.4. The number of rotatable bonds is 4. The fourth-order valence-electron chi connectivity index (χ4n) is 4.59. The Kier molecular flexibility index (Phi) is 6.33. The van der Waals surface area contributed by atoms with Crippen molar-refractivity contribution in [1.29, 1.82) is 0 Å². The minimum Gasteiger partial charge on any atom is -0.494 e. The van der Waals surface area contributed by atoms with Gasteiger partial charge < -0.3 is 14.5 Å². The first kappa shape index (κ1) is 20.0. The fraction of sp³-hybridized carbons (Fsp3) is 0.696. The molecular formula is C23H36N2O2. The molecule has 0 aromatic heterocycles.